The lowest BCUT2D eigenvalue weighted by Crippen LogP contribution is -2.38. The molecule has 6 nitrogen and oxygen atoms in total. The monoisotopic (exact) mass is 416 g/mol. The molecular formula is C24H32O6. The van der Waals surface area contributed by atoms with Crippen LogP contribution in [0.1, 0.15) is 17.5 Å². The summed E-state index contributed by atoms with van der Waals surface area (Å²) >= 11 is 0. The van der Waals surface area contributed by atoms with Gasteiger partial charge in [-0.05, 0) is 17.5 Å². The zero-order chi connectivity index (χ0) is 21.0. The molecule has 0 radical (unpaired) electrons. The Morgan fingerprint density at radius 2 is 1.30 bits per heavy atom. The van der Waals surface area contributed by atoms with E-state index in [-0.39, 0.29) is 37.8 Å². The van der Waals surface area contributed by atoms with Gasteiger partial charge in [-0.25, -0.2) is 0 Å². The number of methoxy groups -OCH3 is 2. The van der Waals surface area contributed by atoms with Gasteiger partial charge in [-0.3, -0.25) is 0 Å². The summed E-state index contributed by atoms with van der Waals surface area (Å²) in [6, 6.07) is 20.3. The zero-order valence-corrected chi connectivity index (χ0v) is 17.8. The average molecular weight is 417 g/mol. The van der Waals surface area contributed by atoms with Crippen LogP contribution in [0.5, 0.6) is 0 Å². The molecule has 1 fully saturated rings. The molecule has 1 aliphatic carbocycles. The second-order valence-corrected chi connectivity index (χ2v) is 7.41. The van der Waals surface area contributed by atoms with Crippen LogP contribution in [-0.2, 0) is 41.6 Å². The normalized spacial score (nSPS) is 23.7. The van der Waals surface area contributed by atoms with Crippen LogP contribution in [0, 0.1) is 5.92 Å². The highest BCUT2D eigenvalue weighted by molar-refractivity contribution is 5.14. The van der Waals surface area contributed by atoms with Crippen LogP contribution in [0.15, 0.2) is 60.7 Å². The van der Waals surface area contributed by atoms with Crippen LogP contribution < -0.4 is 0 Å². The summed E-state index contributed by atoms with van der Waals surface area (Å²) < 4.78 is 34.5. The first-order chi connectivity index (χ1) is 14.8. The predicted octanol–water partition coefficient (Wildman–Crippen LogP) is 3.79. The quantitative estimate of drug-likeness (QED) is 0.463. The molecule has 0 N–H and O–H groups in total. The van der Waals surface area contributed by atoms with Crippen molar-refractivity contribution in [2.75, 3.05) is 34.4 Å². The average Bonchev–Trinajstić information content (AvgIpc) is 3.12. The second-order valence-electron chi connectivity index (χ2n) is 7.41. The Kier molecular flexibility index (Phi) is 9.76. The van der Waals surface area contributed by atoms with Crippen molar-refractivity contribution in [1.82, 2.24) is 0 Å². The minimum absolute atomic E-state index is 0.140. The molecule has 0 bridgehead atoms. The van der Waals surface area contributed by atoms with Gasteiger partial charge in [0.05, 0.1) is 32.0 Å². The second kappa shape index (κ2) is 12.8. The first-order valence-electron chi connectivity index (χ1n) is 10.3. The molecule has 4 atom stereocenters. The van der Waals surface area contributed by atoms with Crippen molar-refractivity contribution in [2.45, 2.75) is 37.9 Å². The van der Waals surface area contributed by atoms with Crippen molar-refractivity contribution in [1.29, 1.82) is 0 Å². The third-order valence-electron chi connectivity index (χ3n) is 5.20. The van der Waals surface area contributed by atoms with Gasteiger partial charge in [0, 0.05) is 20.1 Å². The van der Waals surface area contributed by atoms with Crippen molar-refractivity contribution in [2.24, 2.45) is 5.92 Å². The number of rotatable bonds is 13. The third-order valence-corrected chi connectivity index (χ3v) is 5.20. The van der Waals surface area contributed by atoms with Crippen molar-refractivity contribution >= 4 is 0 Å². The Morgan fingerprint density at radius 1 is 0.700 bits per heavy atom. The van der Waals surface area contributed by atoms with Crippen molar-refractivity contribution < 1.29 is 28.4 Å². The van der Waals surface area contributed by atoms with Gasteiger partial charge >= 0.3 is 0 Å². The fraction of sp³-hybridized carbons (Fsp3) is 0.500. The highest BCUT2D eigenvalue weighted by Gasteiger charge is 2.46. The maximum atomic E-state index is 6.34. The van der Waals surface area contributed by atoms with E-state index in [0.717, 1.165) is 17.5 Å². The van der Waals surface area contributed by atoms with E-state index < -0.39 is 0 Å². The smallest absolute Gasteiger partial charge is 0.146 e. The molecular weight excluding hydrogens is 384 g/mol. The fourth-order valence-corrected chi connectivity index (χ4v) is 3.78. The van der Waals surface area contributed by atoms with E-state index in [2.05, 4.69) is 24.3 Å². The van der Waals surface area contributed by atoms with E-state index in [9.17, 15) is 0 Å². The minimum atomic E-state index is -0.255. The molecule has 2 aromatic rings. The van der Waals surface area contributed by atoms with Crippen LogP contribution in [0.2, 0.25) is 0 Å². The lowest BCUT2D eigenvalue weighted by molar-refractivity contribution is -0.177. The molecule has 0 aromatic heterocycles. The predicted molar refractivity (Wildman–Crippen MR) is 113 cm³/mol. The maximum Gasteiger partial charge on any atom is 0.146 e. The summed E-state index contributed by atoms with van der Waals surface area (Å²) in [6.45, 7) is 2.02. The third kappa shape index (κ3) is 6.87. The van der Waals surface area contributed by atoms with E-state index in [1.54, 1.807) is 14.2 Å². The molecule has 30 heavy (non-hydrogen) atoms. The molecule has 2 aromatic carbocycles. The Balaban J connectivity index is 1.65. The van der Waals surface area contributed by atoms with Crippen molar-refractivity contribution in [3.63, 3.8) is 0 Å². The molecule has 0 amide bonds. The van der Waals surface area contributed by atoms with Gasteiger partial charge in [0.2, 0.25) is 0 Å². The van der Waals surface area contributed by atoms with Gasteiger partial charge in [-0.15, -0.1) is 0 Å². The molecule has 0 unspecified atom stereocenters. The highest BCUT2D eigenvalue weighted by Crippen LogP contribution is 2.34. The highest BCUT2D eigenvalue weighted by atomic mass is 16.7. The molecule has 3 rings (SSSR count). The first kappa shape index (κ1) is 22.9. The van der Waals surface area contributed by atoms with E-state index in [1.165, 1.54) is 0 Å². The summed E-state index contributed by atoms with van der Waals surface area (Å²) in [7, 11) is 3.23. The minimum Gasteiger partial charge on any atom is -0.376 e. The summed E-state index contributed by atoms with van der Waals surface area (Å²) in [6.07, 6.45) is 0.199. The van der Waals surface area contributed by atoms with Crippen LogP contribution in [0.25, 0.3) is 0 Å². The molecule has 1 saturated carbocycles. The summed E-state index contributed by atoms with van der Waals surface area (Å²) in [4.78, 5) is 0. The van der Waals surface area contributed by atoms with Gasteiger partial charge in [-0.2, -0.15) is 0 Å². The number of hydrogen-bond acceptors (Lipinski definition) is 6. The molecule has 164 valence electrons. The van der Waals surface area contributed by atoms with Crippen molar-refractivity contribution in [3.05, 3.63) is 71.8 Å². The summed E-state index contributed by atoms with van der Waals surface area (Å²) in [5.74, 6) is 0.140. The molecule has 0 saturated heterocycles. The van der Waals surface area contributed by atoms with Crippen LogP contribution >= 0.6 is 0 Å². The van der Waals surface area contributed by atoms with Gasteiger partial charge in [0.25, 0.3) is 0 Å². The lowest BCUT2D eigenvalue weighted by atomic mass is 10.1. The first-order valence-corrected chi connectivity index (χ1v) is 10.3. The van der Waals surface area contributed by atoms with Crippen LogP contribution in [-0.4, -0.2) is 52.7 Å². The van der Waals surface area contributed by atoms with E-state index >= 15 is 0 Å². The topological polar surface area (TPSA) is 55.4 Å². The Bertz CT molecular complexity index is 695. The van der Waals surface area contributed by atoms with Gasteiger partial charge in [0.15, 0.2) is 0 Å². The zero-order valence-electron chi connectivity index (χ0n) is 17.8. The van der Waals surface area contributed by atoms with Crippen LogP contribution in [0.3, 0.4) is 0 Å². The van der Waals surface area contributed by atoms with Gasteiger partial charge in [-0.1, -0.05) is 60.7 Å². The molecule has 6 heteroatoms. The Morgan fingerprint density at radius 3 is 1.93 bits per heavy atom. The molecule has 0 aliphatic heterocycles. The van der Waals surface area contributed by atoms with Gasteiger partial charge < -0.3 is 28.4 Å². The standard InChI is InChI=1S/C24H32O6/c1-25-17-29-22-13-21(16-27-14-19-9-5-3-6-10-19)23(24(22)30-18-26-2)28-15-20-11-7-4-8-12-20/h3-12,21-24H,13-18H2,1-2H3/t21-,22-,23-,24-/m1/s1. The van der Waals surface area contributed by atoms with Crippen molar-refractivity contribution in [3.8, 4) is 0 Å². The Hall–Kier alpha value is -1.80. The maximum absolute atomic E-state index is 6.34. The van der Waals surface area contributed by atoms with E-state index in [1.807, 2.05) is 36.4 Å². The molecule has 1 aliphatic rings. The number of ether oxygens (including phenoxy) is 6. The lowest BCUT2D eigenvalue weighted by Gasteiger charge is -2.27. The van der Waals surface area contributed by atoms with E-state index in [4.69, 9.17) is 28.4 Å². The largest absolute Gasteiger partial charge is 0.376 e. The number of hydrogen-bond donors (Lipinski definition) is 0. The number of benzene rings is 2. The Labute approximate surface area is 179 Å². The van der Waals surface area contributed by atoms with E-state index in [0.29, 0.717) is 19.8 Å². The molecule has 0 heterocycles. The summed E-state index contributed by atoms with van der Waals surface area (Å²) in [5.41, 5.74) is 2.27. The SMILES string of the molecule is COCO[C@H]1[C@H](OCc2ccccc2)[C@@H](COCc2ccccc2)C[C@H]1OCOC. The summed E-state index contributed by atoms with van der Waals surface area (Å²) in [5, 5.41) is 0. The fourth-order valence-electron chi connectivity index (χ4n) is 3.78. The van der Waals surface area contributed by atoms with Gasteiger partial charge in [0.1, 0.15) is 19.7 Å². The molecule has 0 spiro atoms. The van der Waals surface area contributed by atoms with Crippen LogP contribution in [0.4, 0.5) is 0 Å².